The minimum atomic E-state index is -0.126. The van der Waals surface area contributed by atoms with Gasteiger partial charge >= 0.3 is 0 Å². The van der Waals surface area contributed by atoms with Gasteiger partial charge in [-0.1, -0.05) is 11.6 Å². The van der Waals surface area contributed by atoms with Gasteiger partial charge in [-0.15, -0.1) is 0 Å². The highest BCUT2D eigenvalue weighted by Crippen LogP contribution is 2.35. The zero-order valence-electron chi connectivity index (χ0n) is 9.96. The first-order valence-electron chi connectivity index (χ1n) is 4.98. The molecule has 6 heteroatoms. The lowest BCUT2D eigenvalue weighted by Crippen LogP contribution is -2.26. The van der Waals surface area contributed by atoms with Gasteiger partial charge < -0.3 is 20.1 Å². The molecule has 0 aliphatic carbocycles. The molecule has 0 radical (unpaired) electrons. The Labute approximate surface area is 105 Å². The highest BCUT2D eigenvalue weighted by Gasteiger charge is 2.10. The lowest BCUT2D eigenvalue weighted by atomic mass is 10.2. The van der Waals surface area contributed by atoms with Crippen molar-refractivity contribution in [2.75, 3.05) is 33.1 Å². The number of halogens is 1. The van der Waals surface area contributed by atoms with Gasteiger partial charge in [0.1, 0.15) is 11.5 Å². The number of benzene rings is 1. The standard InChI is InChI=1S/C11H15ClN2O3/c1-13-11(15)6-14-8-4-7(12)9(16-2)5-10(8)17-3/h4-5,14H,6H2,1-3H3,(H,13,15). The van der Waals surface area contributed by atoms with Gasteiger partial charge in [0.15, 0.2) is 0 Å². The van der Waals surface area contributed by atoms with E-state index in [1.807, 2.05) is 0 Å². The first-order valence-corrected chi connectivity index (χ1v) is 5.36. The largest absolute Gasteiger partial charge is 0.495 e. The van der Waals surface area contributed by atoms with Gasteiger partial charge in [0.25, 0.3) is 0 Å². The topological polar surface area (TPSA) is 59.6 Å². The zero-order valence-corrected chi connectivity index (χ0v) is 10.7. The average molecular weight is 259 g/mol. The van der Waals surface area contributed by atoms with Crippen molar-refractivity contribution in [2.45, 2.75) is 0 Å². The molecular weight excluding hydrogens is 244 g/mol. The van der Waals surface area contributed by atoms with Crippen LogP contribution < -0.4 is 20.1 Å². The summed E-state index contributed by atoms with van der Waals surface area (Å²) in [6.45, 7) is 0.148. The van der Waals surface area contributed by atoms with Gasteiger partial charge in [-0.2, -0.15) is 0 Å². The molecule has 1 aromatic rings. The minimum Gasteiger partial charge on any atom is -0.495 e. The van der Waals surface area contributed by atoms with Gasteiger partial charge in [0, 0.05) is 13.1 Å². The number of methoxy groups -OCH3 is 2. The monoisotopic (exact) mass is 258 g/mol. The molecule has 5 nitrogen and oxygen atoms in total. The maximum Gasteiger partial charge on any atom is 0.239 e. The molecule has 94 valence electrons. The van der Waals surface area contributed by atoms with Crippen LogP contribution in [0.3, 0.4) is 0 Å². The molecule has 0 aliphatic rings. The molecule has 0 spiro atoms. The maximum absolute atomic E-state index is 11.1. The van der Waals surface area contributed by atoms with Gasteiger partial charge in [0.05, 0.1) is 31.5 Å². The van der Waals surface area contributed by atoms with Crippen LogP contribution in [0.4, 0.5) is 5.69 Å². The summed E-state index contributed by atoms with van der Waals surface area (Å²) in [5.74, 6) is 0.961. The third-order valence-corrected chi connectivity index (χ3v) is 2.49. The van der Waals surface area contributed by atoms with E-state index < -0.39 is 0 Å². The molecule has 0 atom stereocenters. The Balaban J connectivity index is 2.90. The fourth-order valence-electron chi connectivity index (χ4n) is 1.26. The Morgan fingerprint density at radius 2 is 1.94 bits per heavy atom. The van der Waals surface area contributed by atoms with Crippen LogP contribution in [-0.2, 0) is 4.79 Å². The molecule has 0 unspecified atom stereocenters. The van der Waals surface area contributed by atoms with E-state index in [1.165, 1.54) is 14.2 Å². The van der Waals surface area contributed by atoms with E-state index in [0.717, 1.165) is 0 Å². The minimum absolute atomic E-state index is 0.126. The molecule has 1 rings (SSSR count). The molecule has 0 saturated heterocycles. The summed E-state index contributed by atoms with van der Waals surface area (Å²) in [4.78, 5) is 11.1. The number of ether oxygens (including phenoxy) is 2. The summed E-state index contributed by atoms with van der Waals surface area (Å²) in [6.07, 6.45) is 0. The molecule has 0 aliphatic heterocycles. The van der Waals surface area contributed by atoms with Crippen molar-refractivity contribution in [2.24, 2.45) is 0 Å². The Kier molecular flexibility index (Phi) is 4.90. The fraction of sp³-hybridized carbons (Fsp3) is 0.364. The third kappa shape index (κ3) is 3.42. The second-order valence-electron chi connectivity index (χ2n) is 3.21. The number of amides is 1. The number of nitrogens with one attached hydrogen (secondary N) is 2. The number of hydrogen-bond donors (Lipinski definition) is 2. The van der Waals surface area contributed by atoms with E-state index in [0.29, 0.717) is 22.2 Å². The quantitative estimate of drug-likeness (QED) is 0.841. The Morgan fingerprint density at radius 1 is 1.29 bits per heavy atom. The van der Waals surface area contributed by atoms with Crippen molar-refractivity contribution in [3.05, 3.63) is 17.2 Å². The van der Waals surface area contributed by atoms with Crippen LogP contribution in [0.15, 0.2) is 12.1 Å². The molecule has 1 aromatic carbocycles. The Bertz CT molecular complexity index is 410. The lowest BCUT2D eigenvalue weighted by Gasteiger charge is -2.13. The van der Waals surface area contributed by atoms with E-state index >= 15 is 0 Å². The molecule has 2 N–H and O–H groups in total. The van der Waals surface area contributed by atoms with Crippen LogP contribution >= 0.6 is 11.6 Å². The van der Waals surface area contributed by atoms with Crippen molar-refractivity contribution in [1.82, 2.24) is 5.32 Å². The molecule has 1 amide bonds. The smallest absolute Gasteiger partial charge is 0.239 e. The Morgan fingerprint density at radius 3 is 2.47 bits per heavy atom. The summed E-state index contributed by atoms with van der Waals surface area (Å²) in [5, 5.41) is 5.89. The molecule has 0 saturated carbocycles. The summed E-state index contributed by atoms with van der Waals surface area (Å²) in [6, 6.07) is 3.32. The third-order valence-electron chi connectivity index (χ3n) is 2.19. The molecule has 0 heterocycles. The van der Waals surface area contributed by atoms with Gasteiger partial charge in [-0.3, -0.25) is 4.79 Å². The number of carbonyl (C=O) groups excluding carboxylic acids is 1. The van der Waals surface area contributed by atoms with Gasteiger partial charge in [0.2, 0.25) is 5.91 Å². The fourth-order valence-corrected chi connectivity index (χ4v) is 1.50. The van der Waals surface area contributed by atoms with Crippen molar-refractivity contribution in [3.8, 4) is 11.5 Å². The molecule has 0 bridgehead atoms. The van der Waals surface area contributed by atoms with Crippen LogP contribution in [0.5, 0.6) is 11.5 Å². The van der Waals surface area contributed by atoms with Crippen molar-refractivity contribution < 1.29 is 14.3 Å². The maximum atomic E-state index is 11.1. The first kappa shape index (κ1) is 13.4. The van der Waals surface area contributed by atoms with Crippen LogP contribution in [-0.4, -0.2) is 33.7 Å². The zero-order chi connectivity index (χ0) is 12.8. The van der Waals surface area contributed by atoms with Gasteiger partial charge in [-0.25, -0.2) is 0 Å². The number of rotatable bonds is 5. The van der Waals surface area contributed by atoms with Crippen LogP contribution in [0.25, 0.3) is 0 Å². The predicted molar refractivity (Wildman–Crippen MR) is 67.1 cm³/mol. The molecule has 17 heavy (non-hydrogen) atoms. The van der Waals surface area contributed by atoms with E-state index in [4.69, 9.17) is 21.1 Å². The van der Waals surface area contributed by atoms with E-state index in [9.17, 15) is 4.79 Å². The van der Waals surface area contributed by atoms with Crippen LogP contribution in [0.2, 0.25) is 5.02 Å². The SMILES string of the molecule is CNC(=O)CNc1cc(Cl)c(OC)cc1OC. The van der Waals surface area contributed by atoms with Crippen LogP contribution in [0, 0.1) is 0 Å². The number of hydrogen-bond acceptors (Lipinski definition) is 4. The van der Waals surface area contributed by atoms with Crippen molar-refractivity contribution in [1.29, 1.82) is 0 Å². The van der Waals surface area contributed by atoms with E-state index in [-0.39, 0.29) is 12.5 Å². The summed E-state index contributed by atoms with van der Waals surface area (Å²) >= 11 is 5.99. The highest BCUT2D eigenvalue weighted by atomic mass is 35.5. The highest BCUT2D eigenvalue weighted by molar-refractivity contribution is 6.32. The predicted octanol–water partition coefficient (Wildman–Crippen LogP) is 1.52. The first-order chi connectivity index (χ1) is 8.12. The summed E-state index contributed by atoms with van der Waals surface area (Å²) in [7, 11) is 4.63. The lowest BCUT2D eigenvalue weighted by molar-refractivity contribution is -0.118. The van der Waals surface area contributed by atoms with Crippen molar-refractivity contribution in [3.63, 3.8) is 0 Å². The molecule has 0 fully saturated rings. The summed E-state index contributed by atoms with van der Waals surface area (Å²) < 4.78 is 10.2. The van der Waals surface area contributed by atoms with E-state index in [2.05, 4.69) is 10.6 Å². The van der Waals surface area contributed by atoms with E-state index in [1.54, 1.807) is 19.2 Å². The average Bonchev–Trinajstić information content (AvgIpc) is 2.35. The van der Waals surface area contributed by atoms with Gasteiger partial charge in [-0.05, 0) is 6.07 Å². The normalized spacial score (nSPS) is 9.65. The second-order valence-corrected chi connectivity index (χ2v) is 3.62. The molecular formula is C11H15ClN2O3. The summed E-state index contributed by atoms with van der Waals surface area (Å²) in [5.41, 5.74) is 0.641. The number of carbonyl (C=O) groups is 1. The second kappa shape index (κ2) is 6.20. The number of anilines is 1. The number of likely N-dealkylation sites (N-methyl/N-ethyl adjacent to an activating group) is 1. The van der Waals surface area contributed by atoms with Crippen LogP contribution in [0.1, 0.15) is 0 Å². The van der Waals surface area contributed by atoms with Crippen molar-refractivity contribution >= 4 is 23.2 Å². The molecule has 0 aromatic heterocycles. The Hall–Kier alpha value is -1.62.